The van der Waals surface area contributed by atoms with E-state index in [1.165, 1.54) is 19.3 Å². The molecule has 0 heterocycles. The molecule has 0 amide bonds. The van der Waals surface area contributed by atoms with Gasteiger partial charge < -0.3 is 10.2 Å². The number of aliphatic hydroxyl groups excluding tert-OH is 2. The highest BCUT2D eigenvalue weighted by molar-refractivity contribution is 5.96. The Labute approximate surface area is 139 Å². The summed E-state index contributed by atoms with van der Waals surface area (Å²) in [6, 6.07) is 0. The third-order valence-corrected chi connectivity index (χ3v) is 8.53. The van der Waals surface area contributed by atoms with E-state index in [9.17, 15) is 15.0 Å². The van der Waals surface area contributed by atoms with E-state index in [2.05, 4.69) is 13.8 Å². The molecule has 3 heteroatoms. The van der Waals surface area contributed by atoms with Crippen molar-refractivity contribution in [2.75, 3.05) is 0 Å². The number of ketones is 1. The van der Waals surface area contributed by atoms with E-state index in [1.807, 2.05) is 0 Å². The van der Waals surface area contributed by atoms with Crippen LogP contribution in [-0.2, 0) is 4.79 Å². The largest absolute Gasteiger partial charge is 0.515 e. The van der Waals surface area contributed by atoms with Gasteiger partial charge in [-0.1, -0.05) is 13.8 Å². The van der Waals surface area contributed by atoms with Crippen molar-refractivity contribution in [3.8, 4) is 0 Å². The fraction of sp³-hybridized carbons (Fsp3) is 0.850. The smallest absolute Gasteiger partial charge is 0.162 e. The maximum absolute atomic E-state index is 12.2. The van der Waals surface area contributed by atoms with E-state index in [-0.39, 0.29) is 22.7 Å². The van der Waals surface area contributed by atoms with Gasteiger partial charge in [0.25, 0.3) is 0 Å². The first-order valence-electron chi connectivity index (χ1n) is 9.44. The predicted molar refractivity (Wildman–Crippen MR) is 88.8 cm³/mol. The lowest BCUT2D eigenvalue weighted by Crippen LogP contribution is -2.54. The van der Waals surface area contributed by atoms with Crippen LogP contribution in [0.3, 0.4) is 0 Å². The number of carbonyl (C=O) groups is 1. The third kappa shape index (κ3) is 2.01. The summed E-state index contributed by atoms with van der Waals surface area (Å²) in [6.45, 7) is 4.68. The molecule has 3 nitrogen and oxygen atoms in total. The average Bonchev–Trinajstić information content (AvgIpc) is 2.83. The Balaban J connectivity index is 1.66. The van der Waals surface area contributed by atoms with E-state index >= 15 is 0 Å². The number of hydrogen-bond acceptors (Lipinski definition) is 3. The Morgan fingerprint density at radius 3 is 2.52 bits per heavy atom. The van der Waals surface area contributed by atoms with Gasteiger partial charge in [-0.05, 0) is 79.4 Å². The number of allylic oxidation sites excluding steroid dienone is 1. The van der Waals surface area contributed by atoms with Crippen molar-refractivity contribution < 1.29 is 15.0 Å². The standard InChI is InChI=1S/C20H30O3/c1-19-8-7-16-14(15(19)5-6-18(19)23)4-3-13-9-17(22)12(11-21)10-20(13,16)2/h11,13-16,18,21,23H,3-10H2,1-2H3/t13-,14+,15-,16+,18-,19-,20-/m0/s1. The normalized spacial score (nSPS) is 54.5. The van der Waals surface area contributed by atoms with Crippen LogP contribution in [0.4, 0.5) is 0 Å². The predicted octanol–water partition coefficient (Wildman–Crippen LogP) is 4.01. The van der Waals surface area contributed by atoms with Gasteiger partial charge in [0.1, 0.15) is 0 Å². The molecule has 4 rings (SSSR count). The second-order valence-electron chi connectivity index (χ2n) is 9.25. The van der Waals surface area contributed by atoms with Crippen molar-refractivity contribution in [3.05, 3.63) is 11.8 Å². The van der Waals surface area contributed by atoms with E-state index < -0.39 is 0 Å². The third-order valence-electron chi connectivity index (χ3n) is 8.53. The SMILES string of the molecule is C[C@]12CC(=CO)C(=O)C[C@@H]1CC[C@H]1[C@H]2CC[C@]2(C)[C@@H](O)CC[C@@H]12. The van der Waals surface area contributed by atoms with Crippen LogP contribution in [-0.4, -0.2) is 22.1 Å². The van der Waals surface area contributed by atoms with Gasteiger partial charge in [-0.3, -0.25) is 4.79 Å². The summed E-state index contributed by atoms with van der Waals surface area (Å²) >= 11 is 0. The molecule has 0 aromatic rings. The molecule has 4 aliphatic rings. The highest BCUT2D eigenvalue weighted by atomic mass is 16.3. The monoisotopic (exact) mass is 318 g/mol. The summed E-state index contributed by atoms with van der Waals surface area (Å²) in [4.78, 5) is 12.2. The summed E-state index contributed by atoms with van der Waals surface area (Å²) in [5.74, 6) is 2.63. The molecular weight excluding hydrogens is 288 g/mol. The van der Waals surface area contributed by atoms with E-state index in [4.69, 9.17) is 0 Å². The number of Topliss-reactive ketones (excluding diaryl/α,β-unsaturated/α-hetero) is 1. The number of aliphatic hydroxyl groups is 2. The van der Waals surface area contributed by atoms with Crippen molar-refractivity contribution in [1.82, 2.24) is 0 Å². The summed E-state index contributed by atoms with van der Waals surface area (Å²) < 4.78 is 0. The molecule has 0 spiro atoms. The molecule has 128 valence electrons. The summed E-state index contributed by atoms with van der Waals surface area (Å²) in [6.07, 6.45) is 9.11. The summed E-state index contributed by atoms with van der Waals surface area (Å²) in [7, 11) is 0. The molecule has 0 aromatic heterocycles. The average molecular weight is 318 g/mol. The van der Waals surface area contributed by atoms with Gasteiger partial charge in [-0.25, -0.2) is 0 Å². The lowest BCUT2D eigenvalue weighted by molar-refractivity contribution is -0.135. The number of rotatable bonds is 0. The Morgan fingerprint density at radius 2 is 1.78 bits per heavy atom. The lowest BCUT2D eigenvalue weighted by atomic mass is 9.45. The number of hydrogen-bond donors (Lipinski definition) is 2. The molecule has 7 atom stereocenters. The van der Waals surface area contributed by atoms with Crippen LogP contribution in [0.2, 0.25) is 0 Å². The van der Waals surface area contributed by atoms with E-state index in [0.717, 1.165) is 31.9 Å². The minimum atomic E-state index is -0.125. The maximum Gasteiger partial charge on any atom is 0.162 e. The summed E-state index contributed by atoms with van der Waals surface area (Å²) in [5.41, 5.74) is 0.911. The van der Waals surface area contributed by atoms with Gasteiger partial charge in [-0.15, -0.1) is 0 Å². The van der Waals surface area contributed by atoms with Crippen molar-refractivity contribution in [2.24, 2.45) is 34.5 Å². The van der Waals surface area contributed by atoms with E-state index in [1.54, 1.807) is 0 Å². The molecule has 4 saturated carbocycles. The first-order valence-corrected chi connectivity index (χ1v) is 9.44. The van der Waals surface area contributed by atoms with Crippen molar-refractivity contribution in [3.63, 3.8) is 0 Å². The van der Waals surface area contributed by atoms with Crippen LogP contribution < -0.4 is 0 Å². The Kier molecular flexibility index (Phi) is 3.46. The zero-order chi connectivity index (χ0) is 16.4. The molecule has 2 N–H and O–H groups in total. The Morgan fingerprint density at radius 1 is 1.04 bits per heavy atom. The number of carbonyl (C=O) groups excluding carboxylic acids is 1. The first kappa shape index (κ1) is 15.7. The van der Waals surface area contributed by atoms with Crippen molar-refractivity contribution >= 4 is 5.78 Å². The lowest BCUT2D eigenvalue weighted by Gasteiger charge is -2.60. The Bertz CT molecular complexity index is 553. The summed E-state index contributed by atoms with van der Waals surface area (Å²) in [5, 5.41) is 20.0. The molecule has 0 aromatic carbocycles. The topological polar surface area (TPSA) is 57.5 Å². The molecule has 0 saturated heterocycles. The van der Waals surface area contributed by atoms with Crippen molar-refractivity contribution in [1.29, 1.82) is 0 Å². The number of fused-ring (bicyclic) bond motifs is 5. The molecule has 0 bridgehead atoms. The molecule has 0 radical (unpaired) electrons. The van der Waals surface area contributed by atoms with E-state index in [0.29, 0.717) is 35.7 Å². The van der Waals surface area contributed by atoms with Gasteiger partial charge >= 0.3 is 0 Å². The quantitative estimate of drug-likeness (QED) is 0.524. The fourth-order valence-electron chi connectivity index (χ4n) is 7.10. The van der Waals surface area contributed by atoms with Gasteiger partial charge in [0.15, 0.2) is 5.78 Å². The van der Waals surface area contributed by atoms with Crippen molar-refractivity contribution in [2.45, 2.75) is 71.3 Å². The molecule has 23 heavy (non-hydrogen) atoms. The van der Waals surface area contributed by atoms with Crippen LogP contribution in [0.1, 0.15) is 65.2 Å². The zero-order valence-corrected chi connectivity index (χ0v) is 14.4. The van der Waals surface area contributed by atoms with Gasteiger partial charge in [0.2, 0.25) is 0 Å². The minimum absolute atomic E-state index is 0.116. The maximum atomic E-state index is 12.2. The highest BCUT2D eigenvalue weighted by Crippen LogP contribution is 2.66. The minimum Gasteiger partial charge on any atom is -0.515 e. The molecular formula is C20H30O3. The van der Waals surface area contributed by atoms with Gasteiger partial charge in [0, 0.05) is 12.0 Å². The second-order valence-corrected chi connectivity index (χ2v) is 9.25. The Hall–Kier alpha value is -0.830. The van der Waals surface area contributed by atoms with Crippen LogP contribution in [0.5, 0.6) is 0 Å². The second kappa shape index (κ2) is 5.08. The van der Waals surface area contributed by atoms with Gasteiger partial charge in [0.05, 0.1) is 12.4 Å². The molecule has 4 aliphatic carbocycles. The zero-order valence-electron chi connectivity index (χ0n) is 14.4. The van der Waals surface area contributed by atoms with Crippen LogP contribution in [0.15, 0.2) is 11.8 Å². The molecule has 0 unspecified atom stereocenters. The molecule has 4 fully saturated rings. The van der Waals surface area contributed by atoms with Crippen LogP contribution >= 0.6 is 0 Å². The van der Waals surface area contributed by atoms with Crippen LogP contribution in [0, 0.1) is 34.5 Å². The van der Waals surface area contributed by atoms with Crippen LogP contribution in [0.25, 0.3) is 0 Å². The highest BCUT2D eigenvalue weighted by Gasteiger charge is 2.60. The first-order chi connectivity index (χ1) is 10.9. The van der Waals surface area contributed by atoms with Gasteiger partial charge in [-0.2, -0.15) is 0 Å². The molecule has 0 aliphatic heterocycles. The fourth-order valence-corrected chi connectivity index (χ4v) is 7.10.